The number of hydrogen-bond acceptors (Lipinski definition) is 6. The number of carbonyl (C=O) groups excluding carboxylic acids is 2. The minimum atomic E-state index is -0.695. The number of rotatable bonds is 8. The number of hydrogen-bond donors (Lipinski definition) is 1. The van der Waals surface area contributed by atoms with Crippen LogP contribution in [0.4, 0.5) is 0 Å². The van der Waals surface area contributed by atoms with E-state index < -0.39 is 17.9 Å². The van der Waals surface area contributed by atoms with Crippen molar-refractivity contribution in [1.29, 1.82) is 5.26 Å². The molecule has 1 amide bonds. The van der Waals surface area contributed by atoms with Crippen LogP contribution >= 0.6 is 11.8 Å². The number of nitrogens with one attached hydrogen (secondary N) is 1. The lowest BCUT2D eigenvalue weighted by atomic mass is 10.2. The van der Waals surface area contributed by atoms with Crippen LogP contribution in [0.2, 0.25) is 0 Å². The van der Waals surface area contributed by atoms with Gasteiger partial charge in [-0.05, 0) is 30.6 Å². The number of nitrogens with zero attached hydrogens (tertiary/aromatic N) is 1. The van der Waals surface area contributed by atoms with Gasteiger partial charge in [-0.15, -0.1) is 0 Å². The van der Waals surface area contributed by atoms with Gasteiger partial charge in [0.2, 0.25) is 0 Å². The predicted octanol–water partition coefficient (Wildman–Crippen LogP) is 1.35. The first kappa shape index (κ1) is 17.9. The molecule has 0 aromatic heterocycles. The number of benzene rings is 1. The van der Waals surface area contributed by atoms with Crippen LogP contribution in [-0.2, 0) is 14.3 Å². The van der Waals surface area contributed by atoms with Gasteiger partial charge >= 0.3 is 5.97 Å². The first-order valence-corrected chi connectivity index (χ1v) is 7.99. The molecule has 0 fully saturated rings. The highest BCUT2D eigenvalue weighted by atomic mass is 32.2. The van der Waals surface area contributed by atoms with Gasteiger partial charge in [-0.1, -0.05) is 12.1 Å². The second kappa shape index (κ2) is 9.68. The molecule has 0 radical (unpaired) electrons. The Morgan fingerprint density at radius 3 is 2.77 bits per heavy atom. The average Bonchev–Trinajstić information content (AvgIpc) is 2.56. The Balaban J connectivity index is 2.56. The molecule has 0 bridgehead atoms. The normalized spacial score (nSPS) is 11.1. The molecule has 0 aliphatic heterocycles. The van der Waals surface area contributed by atoms with Crippen LogP contribution in [0, 0.1) is 11.3 Å². The van der Waals surface area contributed by atoms with Crippen molar-refractivity contribution < 1.29 is 19.1 Å². The zero-order valence-electron chi connectivity index (χ0n) is 12.5. The van der Waals surface area contributed by atoms with Crippen LogP contribution < -0.4 is 10.1 Å². The average molecular weight is 322 g/mol. The van der Waals surface area contributed by atoms with Crippen LogP contribution in [0.25, 0.3) is 0 Å². The SMILES string of the molecule is COC(=O)[C@H](CCSC)NC(=O)COc1ccccc1C#N. The summed E-state index contributed by atoms with van der Waals surface area (Å²) in [4.78, 5) is 23.5. The number of carbonyl (C=O) groups is 2. The highest BCUT2D eigenvalue weighted by Gasteiger charge is 2.21. The van der Waals surface area contributed by atoms with E-state index in [0.29, 0.717) is 17.7 Å². The van der Waals surface area contributed by atoms with Crippen LogP contribution in [0.5, 0.6) is 5.75 Å². The second-order valence-corrected chi connectivity index (χ2v) is 5.31. The molecule has 1 rings (SSSR count). The van der Waals surface area contributed by atoms with Gasteiger partial charge in [0, 0.05) is 0 Å². The van der Waals surface area contributed by atoms with Gasteiger partial charge < -0.3 is 14.8 Å². The summed E-state index contributed by atoms with van der Waals surface area (Å²) in [5.74, 6) is 0.126. The lowest BCUT2D eigenvalue weighted by Gasteiger charge is -2.16. The number of amides is 1. The molecule has 0 aliphatic carbocycles. The van der Waals surface area contributed by atoms with Crippen LogP contribution in [-0.4, -0.2) is 43.6 Å². The van der Waals surface area contributed by atoms with E-state index in [1.807, 2.05) is 12.3 Å². The Kier molecular flexibility index (Phi) is 7.86. The molecule has 0 spiro atoms. The maximum atomic E-state index is 11.9. The van der Waals surface area contributed by atoms with E-state index in [1.54, 1.807) is 36.0 Å². The molecule has 118 valence electrons. The van der Waals surface area contributed by atoms with E-state index in [9.17, 15) is 9.59 Å². The van der Waals surface area contributed by atoms with Gasteiger partial charge in [0.05, 0.1) is 12.7 Å². The Hall–Kier alpha value is -2.20. The van der Waals surface area contributed by atoms with Crippen molar-refractivity contribution >= 4 is 23.6 Å². The summed E-state index contributed by atoms with van der Waals surface area (Å²) in [6.07, 6.45) is 2.40. The van der Waals surface area contributed by atoms with Crippen molar-refractivity contribution in [2.75, 3.05) is 25.7 Å². The van der Waals surface area contributed by atoms with Gasteiger partial charge in [0.1, 0.15) is 17.9 Å². The zero-order valence-corrected chi connectivity index (χ0v) is 13.3. The van der Waals surface area contributed by atoms with Gasteiger partial charge in [0.15, 0.2) is 6.61 Å². The molecule has 0 unspecified atom stereocenters. The Bertz CT molecular complexity index is 557. The summed E-state index contributed by atoms with van der Waals surface area (Å²) in [5.41, 5.74) is 0.349. The zero-order chi connectivity index (χ0) is 16.4. The molecule has 1 N–H and O–H groups in total. The number of methoxy groups -OCH3 is 1. The Morgan fingerprint density at radius 1 is 1.41 bits per heavy atom. The third kappa shape index (κ3) is 5.66. The fraction of sp³-hybridized carbons (Fsp3) is 0.400. The lowest BCUT2D eigenvalue weighted by molar-refractivity contribution is -0.145. The molecule has 1 aromatic rings. The molecular formula is C15H18N2O4S. The summed E-state index contributed by atoms with van der Waals surface area (Å²) in [7, 11) is 1.28. The number of thioether (sulfide) groups is 1. The quantitative estimate of drug-likeness (QED) is 0.727. The topological polar surface area (TPSA) is 88.4 Å². The number of nitriles is 1. The molecule has 0 saturated heterocycles. The highest BCUT2D eigenvalue weighted by molar-refractivity contribution is 7.98. The van der Waals surface area contributed by atoms with Crippen molar-refractivity contribution in [2.45, 2.75) is 12.5 Å². The molecule has 0 heterocycles. The molecule has 22 heavy (non-hydrogen) atoms. The van der Waals surface area contributed by atoms with Crippen molar-refractivity contribution in [3.63, 3.8) is 0 Å². The third-order valence-electron chi connectivity index (χ3n) is 2.80. The van der Waals surface area contributed by atoms with E-state index in [0.717, 1.165) is 5.75 Å². The summed E-state index contributed by atoms with van der Waals surface area (Å²) in [5, 5.41) is 11.5. The Morgan fingerprint density at radius 2 is 2.14 bits per heavy atom. The number of esters is 1. The monoisotopic (exact) mass is 322 g/mol. The van der Waals surface area contributed by atoms with E-state index >= 15 is 0 Å². The fourth-order valence-electron chi connectivity index (χ4n) is 1.69. The summed E-state index contributed by atoms with van der Waals surface area (Å²) >= 11 is 1.57. The molecule has 6 nitrogen and oxygen atoms in total. The lowest BCUT2D eigenvalue weighted by Crippen LogP contribution is -2.43. The van der Waals surface area contributed by atoms with E-state index in [4.69, 9.17) is 10.00 Å². The van der Waals surface area contributed by atoms with Gasteiger partial charge in [-0.25, -0.2) is 4.79 Å². The van der Waals surface area contributed by atoms with Crippen molar-refractivity contribution in [1.82, 2.24) is 5.32 Å². The van der Waals surface area contributed by atoms with E-state index in [-0.39, 0.29) is 6.61 Å². The second-order valence-electron chi connectivity index (χ2n) is 4.32. The summed E-state index contributed by atoms with van der Waals surface area (Å²) in [6.45, 7) is -0.272. The van der Waals surface area contributed by atoms with Crippen LogP contribution in [0.15, 0.2) is 24.3 Å². The molecule has 1 aromatic carbocycles. The molecule has 7 heteroatoms. The molecule has 1 atom stereocenters. The predicted molar refractivity (Wildman–Crippen MR) is 83.6 cm³/mol. The first-order chi connectivity index (χ1) is 10.6. The van der Waals surface area contributed by atoms with Crippen molar-refractivity contribution in [3.05, 3.63) is 29.8 Å². The minimum Gasteiger partial charge on any atom is -0.482 e. The maximum absolute atomic E-state index is 11.9. The van der Waals surface area contributed by atoms with Crippen molar-refractivity contribution in [2.24, 2.45) is 0 Å². The standard InChI is InChI=1S/C15H18N2O4S/c1-20-15(19)12(7-8-22-2)17-14(18)10-21-13-6-4-3-5-11(13)9-16/h3-6,12H,7-8,10H2,1-2H3,(H,17,18)/t12-/m0/s1. The Labute approximate surface area is 133 Å². The van der Waals surface area contributed by atoms with E-state index in [2.05, 4.69) is 10.1 Å². The molecule has 0 saturated carbocycles. The first-order valence-electron chi connectivity index (χ1n) is 6.60. The van der Waals surface area contributed by atoms with Crippen LogP contribution in [0.1, 0.15) is 12.0 Å². The largest absolute Gasteiger partial charge is 0.482 e. The number of ether oxygens (including phenoxy) is 2. The highest BCUT2D eigenvalue weighted by Crippen LogP contribution is 2.16. The van der Waals surface area contributed by atoms with Gasteiger partial charge in [-0.2, -0.15) is 17.0 Å². The van der Waals surface area contributed by atoms with E-state index in [1.165, 1.54) is 7.11 Å². The van der Waals surface area contributed by atoms with Gasteiger partial charge in [-0.3, -0.25) is 4.79 Å². The van der Waals surface area contributed by atoms with Crippen LogP contribution in [0.3, 0.4) is 0 Å². The smallest absolute Gasteiger partial charge is 0.328 e. The summed E-state index contributed by atoms with van der Waals surface area (Å²) in [6, 6.07) is 7.92. The number of para-hydroxylation sites is 1. The fourth-order valence-corrected chi connectivity index (χ4v) is 2.16. The summed E-state index contributed by atoms with van der Waals surface area (Å²) < 4.78 is 9.98. The molecular weight excluding hydrogens is 304 g/mol. The molecule has 0 aliphatic rings. The maximum Gasteiger partial charge on any atom is 0.328 e. The minimum absolute atomic E-state index is 0.272. The third-order valence-corrected chi connectivity index (χ3v) is 3.44. The van der Waals surface area contributed by atoms with Gasteiger partial charge in [0.25, 0.3) is 5.91 Å². The van der Waals surface area contributed by atoms with Crippen molar-refractivity contribution in [3.8, 4) is 11.8 Å².